The maximum atomic E-state index is 4.76. The van der Waals surface area contributed by atoms with Gasteiger partial charge >= 0.3 is 0 Å². The molecule has 3 nitrogen and oxygen atoms in total. The van der Waals surface area contributed by atoms with Gasteiger partial charge in [-0.05, 0) is 29.2 Å². The van der Waals surface area contributed by atoms with Gasteiger partial charge < -0.3 is 4.90 Å². The fraction of sp³-hybridized carbons (Fsp3) is 0.222. The van der Waals surface area contributed by atoms with Crippen LogP contribution in [0.15, 0.2) is 89.5 Å². The molecule has 1 aliphatic heterocycles. The van der Waals surface area contributed by atoms with Gasteiger partial charge in [0.1, 0.15) is 6.04 Å². The zero-order valence-electron chi connectivity index (χ0n) is 17.5. The van der Waals surface area contributed by atoms with Gasteiger partial charge in [-0.25, -0.2) is 0 Å². The smallest absolute Gasteiger partial charge is 0.140 e. The van der Waals surface area contributed by atoms with E-state index in [0.717, 1.165) is 26.2 Å². The highest BCUT2D eigenvalue weighted by molar-refractivity contribution is 5.84. The average molecular weight is 395 g/mol. The first-order valence-electron chi connectivity index (χ1n) is 10.8. The van der Waals surface area contributed by atoms with Crippen LogP contribution in [0.3, 0.4) is 0 Å². The van der Waals surface area contributed by atoms with E-state index in [9.17, 15) is 0 Å². The molecule has 150 valence electrons. The molecule has 3 aromatic carbocycles. The third-order valence-electron chi connectivity index (χ3n) is 6.24. The highest BCUT2D eigenvalue weighted by Gasteiger charge is 2.37. The third kappa shape index (κ3) is 3.69. The number of nitrogens with zero attached hydrogens (tertiary/aromatic N) is 2. The summed E-state index contributed by atoms with van der Waals surface area (Å²) in [6.07, 6.45) is 4.18. The van der Waals surface area contributed by atoms with Crippen LogP contribution in [0.4, 0.5) is 0 Å². The Morgan fingerprint density at radius 2 is 1.40 bits per heavy atom. The normalized spacial score (nSPS) is 17.4. The molecule has 30 heavy (non-hydrogen) atoms. The molecule has 0 bridgehead atoms. The average Bonchev–Trinajstić information content (AvgIpc) is 3.13. The molecule has 2 aliphatic rings. The Bertz CT molecular complexity index is 1030. The van der Waals surface area contributed by atoms with Gasteiger partial charge in [-0.3, -0.25) is 5.01 Å². The lowest BCUT2D eigenvalue weighted by atomic mass is 10.0. The number of hydrogen-bond acceptors (Lipinski definition) is 2. The van der Waals surface area contributed by atoms with Crippen molar-refractivity contribution in [1.29, 1.82) is 0 Å². The SMILES string of the molecule is CC(/C=N\N1CC[NH+](C2c3ccccc3-c3ccccc32)CC1)=C\c1ccccc1. The summed E-state index contributed by atoms with van der Waals surface area (Å²) >= 11 is 0. The van der Waals surface area contributed by atoms with Crippen molar-refractivity contribution in [3.8, 4) is 11.1 Å². The summed E-state index contributed by atoms with van der Waals surface area (Å²) in [7, 11) is 0. The van der Waals surface area contributed by atoms with Crippen molar-refractivity contribution in [3.63, 3.8) is 0 Å². The van der Waals surface area contributed by atoms with Crippen molar-refractivity contribution >= 4 is 12.3 Å². The molecular weight excluding hydrogens is 366 g/mol. The molecule has 0 unspecified atom stereocenters. The number of fused-ring (bicyclic) bond motifs is 3. The largest absolute Gasteiger partial charge is 0.322 e. The van der Waals surface area contributed by atoms with Crippen LogP contribution in [0.1, 0.15) is 29.7 Å². The van der Waals surface area contributed by atoms with E-state index >= 15 is 0 Å². The summed E-state index contributed by atoms with van der Waals surface area (Å²) in [5.41, 5.74) is 8.17. The topological polar surface area (TPSA) is 20.0 Å². The molecule has 0 aromatic heterocycles. The Hall–Kier alpha value is -3.17. The molecule has 0 amide bonds. The zero-order valence-corrected chi connectivity index (χ0v) is 17.5. The number of hydrogen-bond donors (Lipinski definition) is 1. The molecule has 3 aromatic rings. The maximum absolute atomic E-state index is 4.76. The first kappa shape index (κ1) is 18.8. The molecular formula is C27H28N3+. The fourth-order valence-electron chi connectivity index (χ4n) is 4.80. The fourth-order valence-corrected chi connectivity index (χ4v) is 4.80. The van der Waals surface area contributed by atoms with E-state index in [1.807, 2.05) is 12.3 Å². The van der Waals surface area contributed by atoms with Gasteiger partial charge in [0, 0.05) is 17.3 Å². The van der Waals surface area contributed by atoms with Gasteiger partial charge in [-0.1, -0.05) is 84.9 Å². The van der Waals surface area contributed by atoms with Gasteiger partial charge in [0.15, 0.2) is 0 Å². The number of piperazine rings is 1. The molecule has 1 fully saturated rings. The Kier molecular flexibility index (Phi) is 5.20. The van der Waals surface area contributed by atoms with Gasteiger partial charge in [-0.15, -0.1) is 0 Å². The van der Waals surface area contributed by atoms with E-state index in [0.29, 0.717) is 6.04 Å². The van der Waals surface area contributed by atoms with Crippen molar-refractivity contribution in [2.75, 3.05) is 26.2 Å². The van der Waals surface area contributed by atoms with Crippen molar-refractivity contribution in [2.45, 2.75) is 13.0 Å². The highest BCUT2D eigenvalue weighted by atomic mass is 15.5. The van der Waals surface area contributed by atoms with Crippen LogP contribution in [0.5, 0.6) is 0 Å². The van der Waals surface area contributed by atoms with Gasteiger partial charge in [0.25, 0.3) is 0 Å². The van der Waals surface area contributed by atoms with Crippen LogP contribution in [-0.4, -0.2) is 37.4 Å². The summed E-state index contributed by atoms with van der Waals surface area (Å²) in [5.74, 6) is 0. The maximum Gasteiger partial charge on any atom is 0.140 e. The lowest BCUT2D eigenvalue weighted by Crippen LogP contribution is -3.14. The molecule has 1 heterocycles. The van der Waals surface area contributed by atoms with Crippen LogP contribution >= 0.6 is 0 Å². The number of benzene rings is 3. The van der Waals surface area contributed by atoms with Crippen molar-refractivity contribution in [1.82, 2.24) is 5.01 Å². The standard InChI is InChI=1S/C27H27N3/c1-21(19-22-9-3-2-4-10-22)20-28-30-17-15-29(16-18-30)27-25-13-7-5-11-23(25)24-12-6-8-14-26(24)27/h2-14,19-20,27H,15-18H2,1H3/p+1/b21-19+,28-20-. The second kappa shape index (κ2) is 8.29. The first-order chi connectivity index (χ1) is 14.8. The van der Waals surface area contributed by atoms with Crippen LogP contribution in [-0.2, 0) is 0 Å². The minimum absolute atomic E-state index is 0.447. The predicted molar refractivity (Wildman–Crippen MR) is 125 cm³/mol. The Labute approximate surface area is 179 Å². The monoisotopic (exact) mass is 394 g/mol. The molecule has 1 saturated heterocycles. The number of allylic oxidation sites excluding steroid dienone is 1. The lowest BCUT2D eigenvalue weighted by molar-refractivity contribution is -0.929. The van der Waals surface area contributed by atoms with E-state index in [2.05, 4.69) is 90.8 Å². The molecule has 5 rings (SSSR count). The van der Waals surface area contributed by atoms with Gasteiger partial charge in [0.05, 0.1) is 26.2 Å². The summed E-state index contributed by atoms with van der Waals surface area (Å²) < 4.78 is 0. The number of rotatable bonds is 4. The molecule has 3 heteroatoms. The van der Waals surface area contributed by atoms with Crippen LogP contribution in [0, 0.1) is 0 Å². The highest BCUT2D eigenvalue weighted by Crippen LogP contribution is 2.41. The molecule has 0 saturated carbocycles. The van der Waals surface area contributed by atoms with E-state index in [1.54, 1.807) is 4.90 Å². The Morgan fingerprint density at radius 1 is 0.833 bits per heavy atom. The number of quaternary nitrogens is 1. The van der Waals surface area contributed by atoms with Crippen LogP contribution in [0.2, 0.25) is 0 Å². The van der Waals surface area contributed by atoms with E-state index in [1.165, 1.54) is 33.4 Å². The van der Waals surface area contributed by atoms with Crippen LogP contribution in [0.25, 0.3) is 17.2 Å². The quantitative estimate of drug-likeness (QED) is 0.662. The summed E-state index contributed by atoms with van der Waals surface area (Å²) in [6.45, 7) is 6.30. The molecule has 0 spiro atoms. The summed E-state index contributed by atoms with van der Waals surface area (Å²) in [4.78, 5) is 1.65. The summed E-state index contributed by atoms with van der Waals surface area (Å²) in [6, 6.07) is 28.7. The second-order valence-electron chi connectivity index (χ2n) is 8.26. The molecule has 1 aliphatic carbocycles. The zero-order chi connectivity index (χ0) is 20.3. The predicted octanol–water partition coefficient (Wildman–Crippen LogP) is 4.05. The Morgan fingerprint density at radius 3 is 2.03 bits per heavy atom. The third-order valence-corrected chi connectivity index (χ3v) is 6.24. The molecule has 1 N–H and O–H groups in total. The molecule has 0 radical (unpaired) electrons. The van der Waals surface area contributed by atoms with Crippen molar-refractivity contribution in [2.24, 2.45) is 5.10 Å². The molecule has 0 atom stereocenters. The number of hydrazone groups is 1. The van der Waals surface area contributed by atoms with Crippen molar-refractivity contribution in [3.05, 3.63) is 101 Å². The van der Waals surface area contributed by atoms with E-state index in [4.69, 9.17) is 5.10 Å². The van der Waals surface area contributed by atoms with Crippen LogP contribution < -0.4 is 4.90 Å². The minimum Gasteiger partial charge on any atom is -0.322 e. The van der Waals surface area contributed by atoms with Crippen molar-refractivity contribution < 1.29 is 4.90 Å². The number of nitrogens with one attached hydrogen (secondary N) is 1. The second-order valence-corrected chi connectivity index (χ2v) is 8.26. The lowest BCUT2D eigenvalue weighted by Gasteiger charge is -2.34. The van der Waals surface area contributed by atoms with Gasteiger partial charge in [-0.2, -0.15) is 5.10 Å². The van der Waals surface area contributed by atoms with E-state index < -0.39 is 0 Å². The van der Waals surface area contributed by atoms with E-state index in [-0.39, 0.29) is 0 Å². The first-order valence-corrected chi connectivity index (χ1v) is 10.8. The minimum atomic E-state index is 0.447. The summed E-state index contributed by atoms with van der Waals surface area (Å²) in [5, 5.41) is 6.98. The van der Waals surface area contributed by atoms with Gasteiger partial charge in [0.2, 0.25) is 0 Å². The Balaban J connectivity index is 1.27.